The van der Waals surface area contributed by atoms with E-state index in [4.69, 9.17) is 17.1 Å². The Morgan fingerprint density at radius 3 is 1.62 bits per heavy atom. The van der Waals surface area contributed by atoms with Crippen LogP contribution in [0.5, 0.6) is 5.75 Å². The second kappa shape index (κ2) is 22.3. The van der Waals surface area contributed by atoms with Crippen molar-refractivity contribution < 1.29 is 26.1 Å². The van der Waals surface area contributed by atoms with Gasteiger partial charge >= 0.3 is 0 Å². The summed E-state index contributed by atoms with van der Waals surface area (Å²) in [5.41, 5.74) is 2.50. The summed E-state index contributed by atoms with van der Waals surface area (Å²) in [4.78, 5) is 0.880. The van der Waals surface area contributed by atoms with Crippen molar-refractivity contribution in [3.63, 3.8) is 0 Å². The van der Waals surface area contributed by atoms with Crippen molar-refractivity contribution >= 4 is 20.9 Å². The first-order valence-electron chi connectivity index (χ1n) is 10.4. The van der Waals surface area contributed by atoms with Crippen molar-refractivity contribution in [2.45, 2.75) is 64.1 Å². The van der Waals surface area contributed by atoms with Crippen LogP contribution < -0.4 is 4.43 Å². The average molecular weight is 513 g/mol. The first kappa shape index (κ1) is 38.8. The summed E-state index contributed by atoms with van der Waals surface area (Å²) in [5, 5.41) is 10.5. The number of benzene rings is 1. The molecule has 4 nitrogen and oxygen atoms in total. The third-order valence-electron chi connectivity index (χ3n) is 3.01. The molecule has 186 valence electrons. The molecule has 2 rings (SSSR count). The van der Waals surface area contributed by atoms with Gasteiger partial charge in [-0.1, -0.05) is 32.4 Å². The zero-order valence-electron chi connectivity index (χ0n) is 22.8. The van der Waals surface area contributed by atoms with Crippen molar-refractivity contribution in [2.24, 2.45) is 0 Å². The van der Waals surface area contributed by atoms with Crippen LogP contribution in [-0.4, -0.2) is 50.6 Å². The molecule has 0 aliphatic heterocycles. The van der Waals surface area contributed by atoms with Crippen molar-refractivity contribution in [3.8, 4) is 5.75 Å². The topological polar surface area (TPSA) is 51.5 Å². The Labute approximate surface area is 221 Å². The molecule has 1 aliphatic rings. The van der Waals surface area contributed by atoms with Gasteiger partial charge < -0.3 is 33.0 Å². The Bertz CT molecular complexity index is 610. The van der Waals surface area contributed by atoms with Crippen LogP contribution in [0.2, 0.25) is 19.6 Å². The molecule has 0 radical (unpaired) electrons. The van der Waals surface area contributed by atoms with Crippen LogP contribution in [0, 0.1) is 13.0 Å². The SMILES string of the molecule is C[N-]C.C[N-]C.C[N-]C.Cc1cc(O[Si](C)(C)C)c([S-])c(C(C)(C)C)c1.[C-]1=CC=CC1.[Ti]. The summed E-state index contributed by atoms with van der Waals surface area (Å²) >= 11 is 5.56. The fourth-order valence-electron chi connectivity index (χ4n) is 2.04. The monoisotopic (exact) mass is 512 g/mol. The third-order valence-corrected chi connectivity index (χ3v) is 4.26. The normalized spacial score (nSPS) is 11.2. The Morgan fingerprint density at radius 2 is 1.38 bits per heavy atom. The van der Waals surface area contributed by atoms with Gasteiger partial charge in [0.15, 0.2) is 0 Å². The fourth-order valence-corrected chi connectivity index (χ4v) is 3.40. The summed E-state index contributed by atoms with van der Waals surface area (Å²) < 4.78 is 6.08. The number of aryl methyl sites for hydroxylation is 1. The number of rotatable bonds is 2. The molecule has 7 heteroatoms. The van der Waals surface area contributed by atoms with E-state index in [1.54, 1.807) is 42.3 Å². The molecule has 0 atom stereocenters. The molecule has 0 aromatic heterocycles. The van der Waals surface area contributed by atoms with Gasteiger partial charge in [-0.15, -0.1) is 11.3 Å². The predicted molar refractivity (Wildman–Crippen MR) is 147 cm³/mol. The summed E-state index contributed by atoms with van der Waals surface area (Å²) in [6.45, 7) is 15.2. The van der Waals surface area contributed by atoms with E-state index < -0.39 is 8.32 Å². The standard InChI is InChI=1S/C14H24OSSi.C5H5.3C2H6N.Ti/c1-10-8-11(14(2,3)4)13(16)12(9-10)15-17(5,6)7;1-2-4-5-3-1;3*1-3-2;/h8-9,16H,1-7H3;1-3H,4H2;3*1-2H3;/q;4*-1;/p-1. The van der Waals surface area contributed by atoms with E-state index in [1.807, 2.05) is 12.2 Å². The van der Waals surface area contributed by atoms with Crippen LogP contribution in [0.25, 0.3) is 16.0 Å². The fraction of sp³-hybridized carbons (Fsp3) is 0.600. The first-order valence-corrected chi connectivity index (χ1v) is 14.2. The molecule has 0 saturated carbocycles. The van der Waals surface area contributed by atoms with Crippen molar-refractivity contribution in [2.75, 3.05) is 42.3 Å². The molecule has 0 fully saturated rings. The molecular formula is C25H46N3OSSiTi-5. The van der Waals surface area contributed by atoms with E-state index in [-0.39, 0.29) is 27.1 Å². The molecular weight excluding hydrogens is 466 g/mol. The molecule has 1 aromatic rings. The van der Waals surface area contributed by atoms with E-state index in [0.717, 1.165) is 17.1 Å². The molecule has 0 N–H and O–H groups in total. The minimum atomic E-state index is -1.60. The van der Waals surface area contributed by atoms with Crippen LogP contribution in [0.4, 0.5) is 0 Å². The predicted octanol–water partition coefficient (Wildman–Crippen LogP) is 7.57. The average Bonchev–Trinajstić information content (AvgIpc) is 3.17. The maximum Gasteiger partial charge on any atom is 0.242 e. The van der Waals surface area contributed by atoms with Crippen LogP contribution in [-0.2, 0) is 39.8 Å². The van der Waals surface area contributed by atoms with Crippen LogP contribution in [0.15, 0.2) is 35.3 Å². The summed E-state index contributed by atoms with van der Waals surface area (Å²) in [6, 6.07) is 4.25. The smallest absolute Gasteiger partial charge is 0.242 e. The van der Waals surface area contributed by atoms with E-state index >= 15 is 0 Å². The number of nitrogens with zero attached hydrogens (tertiary/aromatic N) is 3. The van der Waals surface area contributed by atoms with E-state index in [1.165, 1.54) is 11.1 Å². The summed E-state index contributed by atoms with van der Waals surface area (Å²) in [6.07, 6.45) is 10.0. The molecule has 0 amide bonds. The summed E-state index contributed by atoms with van der Waals surface area (Å²) in [5.74, 6) is 0.893. The van der Waals surface area contributed by atoms with Crippen molar-refractivity contribution in [1.82, 2.24) is 0 Å². The number of hydrogen-bond donors (Lipinski definition) is 0. The maximum atomic E-state index is 6.08. The molecule has 0 unspecified atom stereocenters. The van der Waals surface area contributed by atoms with Gasteiger partial charge in [-0.05, 0) is 43.6 Å². The molecule has 1 aliphatic carbocycles. The number of allylic oxidation sites excluding steroid dienone is 4. The van der Waals surface area contributed by atoms with Gasteiger partial charge in [-0.3, -0.25) is 6.08 Å². The molecule has 0 saturated heterocycles. The molecule has 1 aromatic carbocycles. The second-order valence-electron chi connectivity index (χ2n) is 8.95. The zero-order chi connectivity index (χ0) is 25.1. The first-order chi connectivity index (χ1) is 14.2. The van der Waals surface area contributed by atoms with E-state index in [9.17, 15) is 0 Å². The van der Waals surface area contributed by atoms with Gasteiger partial charge in [0.05, 0.1) is 5.75 Å². The minimum Gasteiger partial charge on any atom is -0.776 e. The maximum absolute atomic E-state index is 6.08. The largest absolute Gasteiger partial charge is 0.776 e. The quantitative estimate of drug-likeness (QED) is 0.233. The van der Waals surface area contributed by atoms with Gasteiger partial charge in [0, 0.05) is 21.7 Å². The minimum absolute atomic E-state index is 0. The van der Waals surface area contributed by atoms with Crippen LogP contribution >= 0.6 is 0 Å². The molecule has 32 heavy (non-hydrogen) atoms. The number of hydrogen-bond acceptors (Lipinski definition) is 2. The van der Waals surface area contributed by atoms with Gasteiger partial charge in [0.1, 0.15) is 0 Å². The van der Waals surface area contributed by atoms with Crippen molar-refractivity contribution in [3.05, 3.63) is 63.5 Å². The molecule has 0 heterocycles. The van der Waals surface area contributed by atoms with Crippen molar-refractivity contribution in [1.29, 1.82) is 0 Å². The van der Waals surface area contributed by atoms with E-state index in [0.29, 0.717) is 0 Å². The Kier molecular flexibility index (Phi) is 27.1. The molecule has 0 bridgehead atoms. The van der Waals surface area contributed by atoms with Crippen LogP contribution in [0.3, 0.4) is 0 Å². The Hall–Kier alpha value is -0.469. The Morgan fingerprint density at radius 1 is 0.938 bits per heavy atom. The van der Waals surface area contributed by atoms with Gasteiger partial charge in [-0.2, -0.15) is 48.4 Å². The van der Waals surface area contributed by atoms with Gasteiger partial charge in [0.2, 0.25) is 8.32 Å². The van der Waals surface area contributed by atoms with Crippen LogP contribution in [0.1, 0.15) is 38.3 Å². The van der Waals surface area contributed by atoms with Gasteiger partial charge in [-0.25, -0.2) is 12.2 Å². The second-order valence-corrected chi connectivity index (χ2v) is 13.8. The van der Waals surface area contributed by atoms with E-state index in [2.05, 4.69) is 87.6 Å². The molecule has 0 spiro atoms. The third kappa shape index (κ3) is 24.2. The zero-order valence-corrected chi connectivity index (χ0v) is 26.1. The van der Waals surface area contributed by atoms with Gasteiger partial charge in [0.25, 0.3) is 0 Å². The summed E-state index contributed by atoms with van der Waals surface area (Å²) in [7, 11) is 8.90. The Balaban J connectivity index is -0.000000214.